The number of hydrazine groups is 1. The van der Waals surface area contributed by atoms with Crippen LogP contribution >= 0.6 is 0 Å². The number of rotatable bonds is 5. The first-order valence-corrected chi connectivity index (χ1v) is 6.22. The van der Waals surface area contributed by atoms with E-state index in [1.165, 1.54) is 0 Å². The fourth-order valence-electron chi connectivity index (χ4n) is 1.44. The van der Waals surface area contributed by atoms with Crippen LogP contribution in [0.25, 0.3) is 0 Å². The Morgan fingerprint density at radius 2 is 2.06 bits per heavy atom. The van der Waals surface area contributed by atoms with Crippen LogP contribution in [0.15, 0.2) is 12.1 Å². The number of nitrogen functional groups attached to an aromatic ring is 1. The van der Waals surface area contributed by atoms with Crippen molar-refractivity contribution in [2.45, 2.75) is 46.1 Å². The SMILES string of the molecule is CCc1cc(C(=O)NC(C)(C)CC)cc(NN)n1. The highest BCUT2D eigenvalue weighted by Gasteiger charge is 2.19. The number of hydrogen-bond acceptors (Lipinski definition) is 4. The van der Waals surface area contributed by atoms with Gasteiger partial charge in [-0.05, 0) is 38.8 Å². The molecule has 0 atom stereocenters. The van der Waals surface area contributed by atoms with E-state index in [-0.39, 0.29) is 11.4 Å². The maximum Gasteiger partial charge on any atom is 0.251 e. The summed E-state index contributed by atoms with van der Waals surface area (Å²) in [5, 5.41) is 2.99. The zero-order chi connectivity index (χ0) is 13.8. The normalized spacial score (nSPS) is 11.2. The van der Waals surface area contributed by atoms with Gasteiger partial charge < -0.3 is 10.7 Å². The minimum absolute atomic E-state index is 0.101. The van der Waals surface area contributed by atoms with Crippen LogP contribution in [-0.4, -0.2) is 16.4 Å². The maximum absolute atomic E-state index is 12.1. The lowest BCUT2D eigenvalue weighted by Crippen LogP contribution is -2.42. The number of amides is 1. The topological polar surface area (TPSA) is 80.0 Å². The average Bonchev–Trinajstić information content (AvgIpc) is 2.37. The predicted molar refractivity (Wildman–Crippen MR) is 73.3 cm³/mol. The molecule has 100 valence electrons. The molecule has 0 aliphatic heterocycles. The van der Waals surface area contributed by atoms with Gasteiger partial charge in [-0.25, -0.2) is 10.8 Å². The van der Waals surface area contributed by atoms with Crippen molar-refractivity contribution in [1.82, 2.24) is 10.3 Å². The second kappa shape index (κ2) is 5.82. The predicted octanol–water partition coefficient (Wildman–Crippen LogP) is 1.85. The van der Waals surface area contributed by atoms with Crippen LogP contribution < -0.4 is 16.6 Å². The van der Waals surface area contributed by atoms with Crippen molar-refractivity contribution in [2.24, 2.45) is 5.84 Å². The quantitative estimate of drug-likeness (QED) is 0.550. The number of aromatic nitrogens is 1. The lowest BCUT2D eigenvalue weighted by molar-refractivity contribution is 0.0911. The van der Waals surface area contributed by atoms with Gasteiger partial charge in [-0.2, -0.15) is 0 Å². The van der Waals surface area contributed by atoms with Crippen LogP contribution in [0.3, 0.4) is 0 Å². The molecule has 0 unspecified atom stereocenters. The van der Waals surface area contributed by atoms with Gasteiger partial charge in [0.25, 0.3) is 5.91 Å². The molecule has 1 heterocycles. The van der Waals surface area contributed by atoms with E-state index >= 15 is 0 Å². The third kappa shape index (κ3) is 3.70. The molecular formula is C13H22N4O. The van der Waals surface area contributed by atoms with Gasteiger partial charge in [-0.3, -0.25) is 4.79 Å². The fourth-order valence-corrected chi connectivity index (χ4v) is 1.44. The number of hydrogen-bond donors (Lipinski definition) is 3. The molecule has 18 heavy (non-hydrogen) atoms. The summed E-state index contributed by atoms with van der Waals surface area (Å²) in [6.45, 7) is 8.02. The molecule has 0 fully saturated rings. The fraction of sp³-hybridized carbons (Fsp3) is 0.538. The Morgan fingerprint density at radius 1 is 1.39 bits per heavy atom. The Hall–Kier alpha value is -1.62. The molecule has 0 radical (unpaired) electrons. The lowest BCUT2D eigenvalue weighted by Gasteiger charge is -2.24. The van der Waals surface area contributed by atoms with Gasteiger partial charge >= 0.3 is 0 Å². The van der Waals surface area contributed by atoms with Crippen molar-refractivity contribution in [3.8, 4) is 0 Å². The lowest BCUT2D eigenvalue weighted by atomic mass is 10.0. The first kappa shape index (κ1) is 14.4. The van der Waals surface area contributed by atoms with Crippen molar-refractivity contribution >= 4 is 11.7 Å². The molecule has 5 heteroatoms. The number of carbonyl (C=O) groups is 1. The highest BCUT2D eigenvalue weighted by atomic mass is 16.1. The van der Waals surface area contributed by atoms with Crippen molar-refractivity contribution in [2.75, 3.05) is 5.43 Å². The van der Waals surface area contributed by atoms with E-state index in [2.05, 4.69) is 15.7 Å². The minimum atomic E-state index is -0.219. The Bertz CT molecular complexity index is 407. The minimum Gasteiger partial charge on any atom is -0.347 e. The molecule has 4 N–H and O–H groups in total. The summed E-state index contributed by atoms with van der Waals surface area (Å²) in [4.78, 5) is 16.4. The van der Waals surface area contributed by atoms with E-state index in [0.717, 1.165) is 18.5 Å². The summed E-state index contributed by atoms with van der Waals surface area (Å²) in [7, 11) is 0. The summed E-state index contributed by atoms with van der Waals surface area (Å²) in [6, 6.07) is 3.45. The maximum atomic E-state index is 12.1. The van der Waals surface area contributed by atoms with E-state index in [1.54, 1.807) is 12.1 Å². The van der Waals surface area contributed by atoms with Gasteiger partial charge in [-0.1, -0.05) is 13.8 Å². The average molecular weight is 250 g/mol. The Kier molecular flexibility index (Phi) is 4.67. The summed E-state index contributed by atoms with van der Waals surface area (Å²) < 4.78 is 0. The third-order valence-corrected chi connectivity index (χ3v) is 2.99. The second-order valence-corrected chi connectivity index (χ2v) is 4.92. The van der Waals surface area contributed by atoms with Crippen molar-refractivity contribution < 1.29 is 4.79 Å². The Morgan fingerprint density at radius 3 is 2.56 bits per heavy atom. The van der Waals surface area contributed by atoms with Crippen LogP contribution in [0.2, 0.25) is 0 Å². The van der Waals surface area contributed by atoms with Crippen LogP contribution in [0, 0.1) is 0 Å². The smallest absolute Gasteiger partial charge is 0.251 e. The largest absolute Gasteiger partial charge is 0.347 e. The van der Waals surface area contributed by atoms with E-state index in [0.29, 0.717) is 11.4 Å². The molecule has 1 amide bonds. The Labute approximate surface area is 108 Å². The van der Waals surface area contributed by atoms with Gasteiger partial charge in [0, 0.05) is 16.8 Å². The van der Waals surface area contributed by atoms with Gasteiger partial charge in [0.15, 0.2) is 0 Å². The number of pyridine rings is 1. The molecule has 0 aromatic carbocycles. The number of aryl methyl sites for hydroxylation is 1. The van der Waals surface area contributed by atoms with Gasteiger partial charge in [-0.15, -0.1) is 0 Å². The number of carbonyl (C=O) groups excluding carboxylic acids is 1. The molecule has 1 rings (SSSR count). The molecule has 0 saturated carbocycles. The first-order valence-electron chi connectivity index (χ1n) is 6.22. The van der Waals surface area contributed by atoms with E-state index in [1.807, 2.05) is 27.7 Å². The highest BCUT2D eigenvalue weighted by Crippen LogP contribution is 2.13. The monoisotopic (exact) mass is 250 g/mol. The Balaban J connectivity index is 2.98. The summed E-state index contributed by atoms with van der Waals surface area (Å²) in [5.74, 6) is 5.76. The molecule has 0 saturated heterocycles. The number of anilines is 1. The molecule has 1 aromatic rings. The highest BCUT2D eigenvalue weighted by molar-refractivity contribution is 5.95. The summed E-state index contributed by atoms with van der Waals surface area (Å²) in [5.41, 5.74) is 3.68. The van der Waals surface area contributed by atoms with Crippen LogP contribution in [0.5, 0.6) is 0 Å². The van der Waals surface area contributed by atoms with Gasteiger partial charge in [0.2, 0.25) is 0 Å². The van der Waals surface area contributed by atoms with Crippen LogP contribution in [0.4, 0.5) is 5.82 Å². The van der Waals surface area contributed by atoms with E-state index < -0.39 is 0 Å². The molecular weight excluding hydrogens is 228 g/mol. The second-order valence-electron chi connectivity index (χ2n) is 4.92. The molecule has 5 nitrogen and oxygen atoms in total. The summed E-state index contributed by atoms with van der Waals surface area (Å²) >= 11 is 0. The third-order valence-electron chi connectivity index (χ3n) is 2.99. The summed E-state index contributed by atoms with van der Waals surface area (Å²) in [6.07, 6.45) is 1.62. The number of nitrogens with two attached hydrogens (primary N) is 1. The van der Waals surface area contributed by atoms with Crippen molar-refractivity contribution in [3.05, 3.63) is 23.4 Å². The standard InChI is InChI=1S/C13H22N4O/c1-5-10-7-9(8-11(15-10)17-14)12(18)16-13(3,4)6-2/h7-8H,5-6,14H2,1-4H3,(H,15,17)(H,16,18). The molecule has 1 aromatic heterocycles. The van der Waals surface area contributed by atoms with Crippen LogP contribution in [-0.2, 0) is 6.42 Å². The van der Waals surface area contributed by atoms with Crippen molar-refractivity contribution in [1.29, 1.82) is 0 Å². The molecule has 0 aliphatic rings. The zero-order valence-corrected chi connectivity index (χ0v) is 11.5. The van der Waals surface area contributed by atoms with E-state index in [4.69, 9.17) is 5.84 Å². The molecule has 0 spiro atoms. The number of nitrogens with zero attached hydrogens (tertiary/aromatic N) is 1. The molecule has 0 aliphatic carbocycles. The van der Waals surface area contributed by atoms with Gasteiger partial charge in [0.1, 0.15) is 5.82 Å². The van der Waals surface area contributed by atoms with Crippen molar-refractivity contribution in [3.63, 3.8) is 0 Å². The number of nitrogens with one attached hydrogen (secondary N) is 2. The van der Waals surface area contributed by atoms with E-state index in [9.17, 15) is 4.79 Å². The zero-order valence-electron chi connectivity index (χ0n) is 11.5. The molecule has 0 bridgehead atoms. The first-order chi connectivity index (χ1) is 8.41. The van der Waals surface area contributed by atoms with Crippen LogP contribution in [0.1, 0.15) is 50.2 Å². The van der Waals surface area contributed by atoms with Gasteiger partial charge in [0.05, 0.1) is 0 Å².